The third-order valence-corrected chi connectivity index (χ3v) is 5.76. The van der Waals surface area contributed by atoms with Crippen LogP contribution in [0.15, 0.2) is 82.1 Å². The SMILES string of the molecule is Cc1cccc(N(Cc2cc3ccc(C)cc3[nH]c2=O)C(=O)c2ccccc2Br)c1. The predicted molar refractivity (Wildman–Crippen MR) is 125 cm³/mol. The van der Waals surface area contributed by atoms with Crippen molar-refractivity contribution in [2.45, 2.75) is 20.4 Å². The molecule has 0 aliphatic heterocycles. The minimum Gasteiger partial charge on any atom is -0.322 e. The number of carbonyl (C=O) groups is 1. The van der Waals surface area contributed by atoms with Crippen molar-refractivity contribution in [3.05, 3.63) is 110 Å². The molecule has 1 aromatic heterocycles. The number of amides is 1. The Kier molecular flexibility index (Phi) is 5.55. The van der Waals surface area contributed by atoms with Gasteiger partial charge in [-0.15, -0.1) is 0 Å². The van der Waals surface area contributed by atoms with Gasteiger partial charge in [0.25, 0.3) is 11.5 Å². The van der Waals surface area contributed by atoms with Crippen molar-refractivity contribution in [1.82, 2.24) is 4.98 Å². The first-order valence-electron chi connectivity index (χ1n) is 9.68. The van der Waals surface area contributed by atoms with E-state index in [0.29, 0.717) is 11.1 Å². The van der Waals surface area contributed by atoms with Gasteiger partial charge < -0.3 is 9.88 Å². The summed E-state index contributed by atoms with van der Waals surface area (Å²) in [6.07, 6.45) is 0. The highest BCUT2D eigenvalue weighted by Crippen LogP contribution is 2.25. The minimum atomic E-state index is -0.189. The van der Waals surface area contributed by atoms with E-state index in [1.807, 2.05) is 80.6 Å². The van der Waals surface area contributed by atoms with Crippen molar-refractivity contribution in [1.29, 1.82) is 0 Å². The van der Waals surface area contributed by atoms with Crippen molar-refractivity contribution in [3.63, 3.8) is 0 Å². The molecule has 5 heteroatoms. The summed E-state index contributed by atoms with van der Waals surface area (Å²) in [5.74, 6) is -0.170. The molecule has 0 aliphatic rings. The van der Waals surface area contributed by atoms with Gasteiger partial charge >= 0.3 is 0 Å². The van der Waals surface area contributed by atoms with Crippen LogP contribution in [0.3, 0.4) is 0 Å². The van der Waals surface area contributed by atoms with Crippen molar-refractivity contribution >= 4 is 38.4 Å². The lowest BCUT2D eigenvalue weighted by Gasteiger charge is -2.24. The lowest BCUT2D eigenvalue weighted by molar-refractivity contribution is 0.0984. The predicted octanol–water partition coefficient (Wildman–Crippen LogP) is 5.75. The standard InChI is InChI=1S/C25H21BrN2O2/c1-16-6-5-7-20(12-16)28(25(30)21-8-3-4-9-22(21)26)15-19-14-18-11-10-17(2)13-23(18)27-24(19)29/h3-14H,15H2,1-2H3,(H,27,29). The molecular weight excluding hydrogens is 440 g/mol. The minimum absolute atomic E-state index is 0.169. The third kappa shape index (κ3) is 4.07. The Morgan fingerprint density at radius 1 is 0.933 bits per heavy atom. The van der Waals surface area contributed by atoms with Gasteiger partial charge in [-0.1, -0.05) is 36.4 Å². The lowest BCUT2D eigenvalue weighted by Crippen LogP contribution is -2.33. The lowest BCUT2D eigenvalue weighted by atomic mass is 10.1. The second-order valence-corrected chi connectivity index (χ2v) is 8.28. The van der Waals surface area contributed by atoms with Crippen LogP contribution in [0.5, 0.6) is 0 Å². The van der Waals surface area contributed by atoms with E-state index in [2.05, 4.69) is 20.9 Å². The fraction of sp³-hybridized carbons (Fsp3) is 0.120. The normalized spacial score (nSPS) is 10.9. The number of hydrogen-bond acceptors (Lipinski definition) is 2. The molecular formula is C25H21BrN2O2. The van der Waals surface area contributed by atoms with Crippen LogP contribution >= 0.6 is 15.9 Å². The van der Waals surface area contributed by atoms with Crippen LogP contribution in [0, 0.1) is 13.8 Å². The number of rotatable bonds is 4. The number of nitrogens with zero attached hydrogens (tertiary/aromatic N) is 1. The summed E-state index contributed by atoms with van der Waals surface area (Å²) >= 11 is 3.48. The van der Waals surface area contributed by atoms with Crippen LogP contribution in [0.4, 0.5) is 5.69 Å². The number of benzene rings is 3. The average molecular weight is 461 g/mol. The molecule has 0 radical (unpaired) electrons. The van der Waals surface area contributed by atoms with E-state index < -0.39 is 0 Å². The molecule has 0 bridgehead atoms. The van der Waals surface area contributed by atoms with E-state index in [4.69, 9.17) is 0 Å². The second-order valence-electron chi connectivity index (χ2n) is 7.42. The Hall–Kier alpha value is -3.18. The number of fused-ring (bicyclic) bond motifs is 1. The first kappa shape index (κ1) is 20.1. The molecule has 0 unspecified atom stereocenters. The van der Waals surface area contributed by atoms with Crippen LogP contribution in [0.1, 0.15) is 27.0 Å². The van der Waals surface area contributed by atoms with E-state index in [0.717, 1.165) is 32.2 Å². The molecule has 1 amide bonds. The van der Waals surface area contributed by atoms with Gasteiger partial charge in [0.15, 0.2) is 0 Å². The molecule has 0 fully saturated rings. The number of nitrogens with one attached hydrogen (secondary N) is 1. The maximum Gasteiger partial charge on any atom is 0.259 e. The van der Waals surface area contributed by atoms with Gasteiger partial charge in [-0.05, 0) is 82.7 Å². The van der Waals surface area contributed by atoms with Crippen molar-refractivity contribution in [2.75, 3.05) is 4.90 Å². The number of H-pyrrole nitrogens is 1. The molecule has 0 aliphatic carbocycles. The number of aromatic nitrogens is 1. The summed E-state index contributed by atoms with van der Waals surface area (Å²) in [5, 5.41) is 0.938. The Bertz CT molecular complexity index is 1310. The molecule has 0 saturated carbocycles. The zero-order valence-corrected chi connectivity index (χ0v) is 18.4. The third-order valence-electron chi connectivity index (χ3n) is 5.07. The van der Waals surface area contributed by atoms with Gasteiger partial charge in [-0.25, -0.2) is 0 Å². The highest BCUT2D eigenvalue weighted by atomic mass is 79.9. The molecule has 0 atom stereocenters. The number of halogens is 1. The Balaban J connectivity index is 1.81. The number of carbonyl (C=O) groups excluding carboxylic acids is 1. The number of aromatic amines is 1. The van der Waals surface area contributed by atoms with Crippen LogP contribution in [-0.4, -0.2) is 10.9 Å². The zero-order chi connectivity index (χ0) is 21.3. The van der Waals surface area contributed by atoms with Crippen molar-refractivity contribution in [2.24, 2.45) is 0 Å². The molecule has 4 rings (SSSR count). The molecule has 150 valence electrons. The average Bonchev–Trinajstić information content (AvgIpc) is 2.72. The largest absolute Gasteiger partial charge is 0.322 e. The summed E-state index contributed by atoms with van der Waals surface area (Å²) in [5.41, 5.74) is 4.56. The summed E-state index contributed by atoms with van der Waals surface area (Å²) in [4.78, 5) is 30.9. The van der Waals surface area contributed by atoms with Gasteiger partial charge in [0, 0.05) is 21.2 Å². The Morgan fingerprint density at radius 3 is 2.47 bits per heavy atom. The number of aryl methyl sites for hydroxylation is 2. The molecule has 3 aromatic carbocycles. The Morgan fingerprint density at radius 2 is 1.70 bits per heavy atom. The molecule has 0 saturated heterocycles. The highest BCUT2D eigenvalue weighted by molar-refractivity contribution is 9.10. The summed E-state index contributed by atoms with van der Waals surface area (Å²) < 4.78 is 0.718. The summed E-state index contributed by atoms with van der Waals surface area (Å²) in [7, 11) is 0. The summed E-state index contributed by atoms with van der Waals surface area (Å²) in [6.45, 7) is 4.14. The molecule has 1 N–H and O–H groups in total. The molecule has 4 aromatic rings. The smallest absolute Gasteiger partial charge is 0.259 e. The van der Waals surface area contributed by atoms with Gasteiger partial charge in [-0.2, -0.15) is 0 Å². The molecule has 30 heavy (non-hydrogen) atoms. The monoisotopic (exact) mass is 460 g/mol. The van der Waals surface area contributed by atoms with Gasteiger partial charge in [0.1, 0.15) is 0 Å². The van der Waals surface area contributed by atoms with Crippen LogP contribution in [0.2, 0.25) is 0 Å². The van der Waals surface area contributed by atoms with Crippen LogP contribution < -0.4 is 10.5 Å². The maximum atomic E-state index is 13.5. The first-order chi connectivity index (χ1) is 14.4. The molecule has 4 nitrogen and oxygen atoms in total. The summed E-state index contributed by atoms with van der Waals surface area (Å²) in [6, 6.07) is 22.9. The topological polar surface area (TPSA) is 53.2 Å². The molecule has 0 spiro atoms. The first-order valence-corrected chi connectivity index (χ1v) is 10.5. The fourth-order valence-corrected chi connectivity index (χ4v) is 3.96. The quantitative estimate of drug-likeness (QED) is 0.421. The van der Waals surface area contributed by atoms with Crippen LogP contribution in [-0.2, 0) is 6.54 Å². The van der Waals surface area contributed by atoms with E-state index in [1.54, 1.807) is 11.0 Å². The van der Waals surface area contributed by atoms with E-state index >= 15 is 0 Å². The molecule has 1 heterocycles. The van der Waals surface area contributed by atoms with Gasteiger partial charge in [0.2, 0.25) is 0 Å². The number of pyridine rings is 1. The fourth-order valence-electron chi connectivity index (χ4n) is 3.50. The van der Waals surface area contributed by atoms with Gasteiger partial charge in [-0.3, -0.25) is 9.59 Å². The second kappa shape index (κ2) is 8.28. The Labute approximate surface area is 183 Å². The van der Waals surface area contributed by atoms with Gasteiger partial charge in [0.05, 0.1) is 12.1 Å². The zero-order valence-electron chi connectivity index (χ0n) is 16.8. The highest BCUT2D eigenvalue weighted by Gasteiger charge is 2.21. The maximum absolute atomic E-state index is 13.5. The van der Waals surface area contributed by atoms with Crippen molar-refractivity contribution < 1.29 is 4.79 Å². The van der Waals surface area contributed by atoms with E-state index in [-0.39, 0.29) is 18.0 Å². The van der Waals surface area contributed by atoms with E-state index in [9.17, 15) is 9.59 Å². The van der Waals surface area contributed by atoms with E-state index in [1.165, 1.54) is 0 Å². The number of anilines is 1. The number of hydrogen-bond donors (Lipinski definition) is 1. The van der Waals surface area contributed by atoms with Crippen molar-refractivity contribution in [3.8, 4) is 0 Å². The van der Waals surface area contributed by atoms with Crippen LogP contribution in [0.25, 0.3) is 10.9 Å².